The second-order valence-electron chi connectivity index (χ2n) is 6.50. The average Bonchev–Trinajstić information content (AvgIpc) is 2.78. The van der Waals surface area contributed by atoms with Gasteiger partial charge < -0.3 is 4.74 Å². The van der Waals surface area contributed by atoms with Crippen LogP contribution in [0.1, 0.15) is 27.8 Å². The monoisotopic (exact) mass is 416 g/mol. The van der Waals surface area contributed by atoms with Gasteiger partial charge in [0.15, 0.2) is 5.69 Å². The highest BCUT2D eigenvalue weighted by Gasteiger charge is 2.33. The Bertz CT molecular complexity index is 1230. The predicted molar refractivity (Wildman–Crippen MR) is 113 cm³/mol. The van der Waals surface area contributed by atoms with Gasteiger partial charge in [0, 0.05) is 0 Å². The number of ether oxygens (including phenoxy) is 1. The summed E-state index contributed by atoms with van der Waals surface area (Å²) in [7, 11) is 0. The quantitative estimate of drug-likeness (QED) is 0.325. The number of nitriles is 1. The average molecular weight is 416 g/mol. The molecule has 0 saturated heterocycles. The van der Waals surface area contributed by atoms with Crippen LogP contribution in [0.2, 0.25) is 0 Å². The summed E-state index contributed by atoms with van der Waals surface area (Å²) >= 11 is 0. The Hall–Kier alpha value is -4.29. The summed E-state index contributed by atoms with van der Waals surface area (Å²) in [5, 5.41) is 8.81. The fraction of sp³-hybridized carbons (Fsp3) is 0.0400. The van der Waals surface area contributed by atoms with Gasteiger partial charge in [-0.05, 0) is 58.7 Å². The summed E-state index contributed by atoms with van der Waals surface area (Å²) in [5.74, 6) is 0.565. The summed E-state index contributed by atoms with van der Waals surface area (Å²) in [6, 6.07) is 19.3. The van der Waals surface area contributed by atoms with Crippen molar-refractivity contribution in [2.45, 2.75) is 6.18 Å². The van der Waals surface area contributed by atoms with Crippen molar-refractivity contribution in [2.75, 3.05) is 0 Å². The maximum Gasteiger partial charge on any atom is 0.407 e. The number of benzene rings is 3. The number of hydrogen-bond acceptors (Lipinski definition) is 2. The van der Waals surface area contributed by atoms with Crippen LogP contribution in [0.4, 0.5) is 18.9 Å². The van der Waals surface area contributed by atoms with Crippen molar-refractivity contribution < 1.29 is 17.9 Å². The molecule has 0 radical (unpaired) electrons. The van der Waals surface area contributed by atoms with Gasteiger partial charge >= 0.3 is 6.18 Å². The van der Waals surface area contributed by atoms with Crippen LogP contribution in [0.15, 0.2) is 79.6 Å². The van der Waals surface area contributed by atoms with E-state index in [0.717, 1.165) is 17.7 Å². The van der Waals surface area contributed by atoms with Crippen LogP contribution in [0.3, 0.4) is 0 Å². The van der Waals surface area contributed by atoms with Gasteiger partial charge in [-0.2, -0.15) is 18.4 Å². The third kappa shape index (κ3) is 5.20. The second kappa shape index (κ2) is 9.02. The summed E-state index contributed by atoms with van der Waals surface area (Å²) in [5.41, 5.74) is 1.21. The zero-order valence-electron chi connectivity index (χ0n) is 16.1. The molecule has 0 heterocycles. The topological polar surface area (TPSA) is 37.4 Å². The molecule has 0 fully saturated rings. The molecule has 0 atom stereocenters. The largest absolute Gasteiger partial charge is 0.465 e. The molecular formula is C25H15F3N2O. The van der Waals surface area contributed by atoms with Crippen molar-refractivity contribution in [1.82, 2.24) is 0 Å². The molecule has 0 aromatic heterocycles. The third-order valence-corrected chi connectivity index (χ3v) is 4.45. The van der Waals surface area contributed by atoms with E-state index in [2.05, 4.69) is 11.4 Å². The first kappa shape index (κ1) is 21.4. The molecule has 152 valence electrons. The molecular weight excluding hydrogens is 401 g/mol. The molecule has 3 aromatic carbocycles. The number of hydrogen-bond donors (Lipinski definition) is 0. The Morgan fingerprint density at radius 3 is 2.39 bits per heavy atom. The Balaban J connectivity index is 1.80. The minimum Gasteiger partial charge on any atom is -0.465 e. The van der Waals surface area contributed by atoms with E-state index in [-0.39, 0.29) is 5.56 Å². The van der Waals surface area contributed by atoms with Gasteiger partial charge in [-0.3, -0.25) is 0 Å². The van der Waals surface area contributed by atoms with Gasteiger partial charge in [-0.25, -0.2) is 4.85 Å². The first-order valence-corrected chi connectivity index (χ1v) is 9.03. The summed E-state index contributed by atoms with van der Waals surface area (Å²) in [6.45, 7) is 10.9. The van der Waals surface area contributed by atoms with E-state index in [1.54, 1.807) is 48.5 Å². The SMILES string of the molecule is [C-]#[N+]c1ccc(C(=C)c2cccc(/C=C/Oc3ccc(C#N)cc3)c2)cc1C(F)(F)F. The van der Waals surface area contributed by atoms with Crippen LogP contribution in [0.5, 0.6) is 5.75 Å². The number of rotatable bonds is 5. The van der Waals surface area contributed by atoms with Crippen LogP contribution in [-0.2, 0) is 6.18 Å². The van der Waals surface area contributed by atoms with E-state index in [4.69, 9.17) is 16.6 Å². The van der Waals surface area contributed by atoms with Crippen LogP contribution in [0, 0.1) is 17.9 Å². The normalized spacial score (nSPS) is 11.0. The summed E-state index contributed by atoms with van der Waals surface area (Å²) < 4.78 is 45.3. The van der Waals surface area contributed by atoms with Gasteiger partial charge in [-0.1, -0.05) is 43.0 Å². The molecule has 0 aliphatic heterocycles. The molecule has 3 aromatic rings. The second-order valence-corrected chi connectivity index (χ2v) is 6.50. The minimum atomic E-state index is -4.62. The van der Waals surface area contributed by atoms with Crippen molar-refractivity contribution in [1.29, 1.82) is 5.26 Å². The highest BCUT2D eigenvalue weighted by molar-refractivity contribution is 5.80. The number of halogens is 3. The van der Waals surface area contributed by atoms with Gasteiger partial charge in [0.25, 0.3) is 0 Å². The lowest BCUT2D eigenvalue weighted by atomic mass is 9.96. The molecule has 0 aliphatic rings. The Morgan fingerprint density at radius 2 is 1.74 bits per heavy atom. The highest BCUT2D eigenvalue weighted by Crippen LogP contribution is 2.38. The molecule has 0 amide bonds. The van der Waals surface area contributed by atoms with Gasteiger partial charge in [-0.15, -0.1) is 0 Å². The van der Waals surface area contributed by atoms with Gasteiger partial charge in [0.1, 0.15) is 5.75 Å². The van der Waals surface area contributed by atoms with Crippen molar-refractivity contribution >= 4 is 17.3 Å². The Labute approximate surface area is 177 Å². The van der Waals surface area contributed by atoms with E-state index in [1.165, 1.54) is 12.3 Å². The zero-order chi connectivity index (χ0) is 22.4. The summed E-state index contributed by atoms with van der Waals surface area (Å²) in [4.78, 5) is 2.95. The van der Waals surface area contributed by atoms with Crippen LogP contribution < -0.4 is 4.74 Å². The molecule has 0 spiro atoms. The first-order valence-electron chi connectivity index (χ1n) is 9.03. The molecule has 0 bridgehead atoms. The standard InChI is InChI=1S/C25H15F3N2O/c1-17(21-8-11-24(30-2)23(15-21)25(26,27)28)20-5-3-4-18(14-20)12-13-31-22-9-6-19(16-29)7-10-22/h3-15H,1H2/b13-12+. The van der Waals surface area contributed by atoms with Crippen molar-refractivity contribution in [3.05, 3.63) is 119 Å². The van der Waals surface area contributed by atoms with Crippen LogP contribution in [0.25, 0.3) is 16.5 Å². The van der Waals surface area contributed by atoms with Crippen molar-refractivity contribution in [3.8, 4) is 11.8 Å². The first-order chi connectivity index (χ1) is 14.8. The molecule has 0 unspecified atom stereocenters. The fourth-order valence-electron chi connectivity index (χ4n) is 2.84. The van der Waals surface area contributed by atoms with Crippen LogP contribution in [-0.4, -0.2) is 0 Å². The van der Waals surface area contributed by atoms with Gasteiger partial charge in [0.2, 0.25) is 0 Å². The molecule has 31 heavy (non-hydrogen) atoms. The number of nitrogens with zero attached hydrogens (tertiary/aromatic N) is 2. The maximum absolute atomic E-state index is 13.3. The molecule has 6 heteroatoms. The van der Waals surface area contributed by atoms with Gasteiger partial charge in [0.05, 0.1) is 30.0 Å². The van der Waals surface area contributed by atoms with E-state index < -0.39 is 17.4 Å². The van der Waals surface area contributed by atoms with E-state index in [1.807, 2.05) is 12.1 Å². The fourth-order valence-corrected chi connectivity index (χ4v) is 2.84. The highest BCUT2D eigenvalue weighted by atomic mass is 19.4. The Kier molecular flexibility index (Phi) is 6.23. The van der Waals surface area contributed by atoms with E-state index >= 15 is 0 Å². The lowest BCUT2D eigenvalue weighted by molar-refractivity contribution is -0.136. The smallest absolute Gasteiger partial charge is 0.407 e. The molecule has 0 N–H and O–H groups in total. The number of alkyl halides is 3. The minimum absolute atomic E-state index is 0.287. The van der Waals surface area contributed by atoms with Crippen molar-refractivity contribution in [3.63, 3.8) is 0 Å². The van der Waals surface area contributed by atoms with Crippen LogP contribution >= 0.6 is 0 Å². The lowest BCUT2D eigenvalue weighted by Gasteiger charge is -2.13. The molecule has 0 saturated carbocycles. The predicted octanol–water partition coefficient (Wildman–Crippen LogP) is 7.24. The third-order valence-electron chi connectivity index (χ3n) is 4.45. The molecule has 0 aliphatic carbocycles. The maximum atomic E-state index is 13.3. The van der Waals surface area contributed by atoms with E-state index in [0.29, 0.717) is 22.4 Å². The molecule has 3 rings (SSSR count). The van der Waals surface area contributed by atoms with Crippen molar-refractivity contribution in [2.24, 2.45) is 0 Å². The zero-order valence-corrected chi connectivity index (χ0v) is 16.1. The molecule has 3 nitrogen and oxygen atoms in total. The van der Waals surface area contributed by atoms with E-state index in [9.17, 15) is 13.2 Å². The lowest BCUT2D eigenvalue weighted by Crippen LogP contribution is -2.05. The Morgan fingerprint density at radius 1 is 1.03 bits per heavy atom. The summed E-state index contributed by atoms with van der Waals surface area (Å²) in [6.07, 6.45) is -1.43.